The van der Waals surface area contributed by atoms with Crippen molar-refractivity contribution < 1.29 is 126 Å². The van der Waals surface area contributed by atoms with Gasteiger partial charge in [-0.15, -0.1) is 0 Å². The molecule has 8 aliphatic heterocycles. The monoisotopic (exact) mass is 1890 g/mol. The van der Waals surface area contributed by atoms with Crippen LogP contribution in [0.3, 0.4) is 0 Å². The van der Waals surface area contributed by atoms with E-state index in [0.29, 0.717) is 96.9 Å². The van der Waals surface area contributed by atoms with Gasteiger partial charge in [-0.3, -0.25) is 78.9 Å². The number of hydrogen-bond acceptors (Lipinski definition) is 32. The molecular weight excluding hydrogens is 1760 g/mol. The predicted molar refractivity (Wildman–Crippen MR) is 465 cm³/mol. The SMILES string of the molecule is C=C1NC(=O)C(C)=CN1[C@H]1CC(OCC(O)CF)[C@@H](CO)O1.C=C1NC(=O)C(C)=CN1[C@H]1CC(OCCCF)[C@@H](CO)O1.CCC(C)Cn1c(=O)c(C)cn([C@H]2CC(O)[C@@H](CO)O2)c1=O.CCC(CF)Cn1c(=O)c(C)cn([C@H]2CC(O)[C@@H](CO)O2)c1=O.CCC(CF)Cn1c(=O)c(C)cn([C@H]2CC(O)[C@@H](CO)O2)c1=O.CCCO[C@H]1C(O)[C@@H](CO)O[C@H]1n1cc(C)c(=O)[nH]c1=O. The van der Waals surface area contributed by atoms with Gasteiger partial charge in [-0.05, 0) is 73.1 Å². The van der Waals surface area contributed by atoms with Gasteiger partial charge >= 0.3 is 22.8 Å². The van der Waals surface area contributed by atoms with Crippen LogP contribution in [0.2, 0.25) is 0 Å². The number of carbonyl (C=O) groups excluding carboxylic acids is 2. The van der Waals surface area contributed by atoms with Crippen LogP contribution in [0, 0.1) is 45.4 Å². The minimum absolute atomic E-state index is 0.00501. The van der Waals surface area contributed by atoms with Gasteiger partial charge in [0.15, 0.2) is 6.23 Å². The van der Waals surface area contributed by atoms with Crippen LogP contribution in [0.25, 0.3) is 0 Å². The second kappa shape index (κ2) is 52.3. The highest BCUT2D eigenvalue weighted by molar-refractivity contribution is 5.95. The maximum Gasteiger partial charge on any atom is 0.333 e. The highest BCUT2D eigenvalue weighted by Gasteiger charge is 2.47. The van der Waals surface area contributed by atoms with Crippen LogP contribution in [0.4, 0.5) is 17.6 Å². The number of aromatic nitrogens is 8. The largest absolute Gasteiger partial charge is 0.394 e. The summed E-state index contributed by atoms with van der Waals surface area (Å²) in [6, 6.07) is 0. The predicted octanol–water partition coefficient (Wildman–Crippen LogP) is -0.933. The molecule has 0 aromatic carbocycles. The summed E-state index contributed by atoms with van der Waals surface area (Å²) in [6.45, 7) is 23.3. The maximum absolute atomic E-state index is 12.9. The molecule has 8 aliphatic rings. The van der Waals surface area contributed by atoms with E-state index in [1.165, 1.54) is 47.6 Å². The fourth-order valence-corrected chi connectivity index (χ4v) is 15.1. The average molecular weight is 1890 g/mol. The Kier molecular flexibility index (Phi) is 43.6. The molecule has 0 saturated carbocycles. The first kappa shape index (κ1) is 110. The quantitative estimate of drug-likeness (QED) is 0.0198. The summed E-state index contributed by atoms with van der Waals surface area (Å²) in [6.07, 6.45) is -1.18. The fourth-order valence-electron chi connectivity index (χ4n) is 15.1. The number of nitrogens with zero attached hydrogens (tertiary/aromatic N) is 9. The molecular formula is C86H132F4N12O30. The van der Waals surface area contributed by atoms with Crippen molar-refractivity contribution in [2.24, 2.45) is 17.8 Å². The zero-order valence-electron chi connectivity index (χ0n) is 76.3. The number of H-pyrrole nitrogens is 1. The first-order chi connectivity index (χ1) is 62.7. The summed E-state index contributed by atoms with van der Waals surface area (Å²) in [5.74, 6) is -0.216. The second-order valence-electron chi connectivity index (χ2n) is 33.5. The van der Waals surface area contributed by atoms with E-state index in [1.807, 2.05) is 20.8 Å². The van der Waals surface area contributed by atoms with Gasteiger partial charge in [0, 0.05) is 147 Å². The Morgan fingerprint density at radius 3 is 1.19 bits per heavy atom. The Morgan fingerprint density at radius 1 is 0.462 bits per heavy atom. The molecule has 4 aromatic heterocycles. The number of rotatable bonds is 34. The normalized spacial score (nSPS) is 27.7. The van der Waals surface area contributed by atoms with E-state index in [-0.39, 0.29) is 114 Å². The second-order valence-corrected chi connectivity index (χ2v) is 33.5. The van der Waals surface area contributed by atoms with Gasteiger partial charge in [0.1, 0.15) is 104 Å². The van der Waals surface area contributed by atoms with E-state index in [1.54, 1.807) is 77.6 Å². The summed E-state index contributed by atoms with van der Waals surface area (Å²) in [7, 11) is 0. The number of halogens is 4. The van der Waals surface area contributed by atoms with Crippen molar-refractivity contribution in [3.8, 4) is 0 Å². The maximum atomic E-state index is 12.9. The molecule has 4 aromatic rings. The van der Waals surface area contributed by atoms with E-state index in [0.717, 1.165) is 22.0 Å². The number of amides is 2. The van der Waals surface area contributed by atoms with Crippen LogP contribution in [0.1, 0.15) is 160 Å². The molecule has 0 spiro atoms. The molecule has 6 fully saturated rings. The Hall–Kier alpha value is -8.86. The third kappa shape index (κ3) is 28.2. The van der Waals surface area contributed by atoms with E-state index < -0.39 is 188 Å². The lowest BCUT2D eigenvalue weighted by atomic mass is 10.1. The van der Waals surface area contributed by atoms with Crippen LogP contribution in [-0.2, 0) is 71.9 Å². The Labute approximate surface area is 757 Å². The van der Waals surface area contributed by atoms with Crippen molar-refractivity contribution in [2.75, 3.05) is 86.2 Å². The number of aliphatic hydroxyl groups is 11. The van der Waals surface area contributed by atoms with Crippen LogP contribution < -0.4 is 55.6 Å². The van der Waals surface area contributed by atoms with Crippen molar-refractivity contribution in [3.63, 3.8) is 0 Å². The third-order valence-corrected chi connectivity index (χ3v) is 23.4. The highest BCUT2D eigenvalue weighted by Crippen LogP contribution is 2.35. The molecule has 6 saturated heterocycles. The number of nitrogens with one attached hydrogen (secondary N) is 3. The van der Waals surface area contributed by atoms with Crippen LogP contribution in [-0.4, -0.2) is 299 Å². The smallest absolute Gasteiger partial charge is 0.333 e. The highest BCUT2D eigenvalue weighted by atomic mass is 19.1. The van der Waals surface area contributed by atoms with Gasteiger partial charge < -0.3 is 119 Å². The van der Waals surface area contributed by atoms with Gasteiger partial charge in [0.05, 0.1) is 96.8 Å². The number of hydrogen-bond donors (Lipinski definition) is 14. The average Bonchev–Trinajstić information content (AvgIpc) is 1.53. The number of aromatic amines is 1. The van der Waals surface area contributed by atoms with Crippen LogP contribution in [0.5, 0.6) is 0 Å². The number of aliphatic hydroxyl groups excluding tert-OH is 11. The molecule has 42 nitrogen and oxygen atoms in total. The summed E-state index contributed by atoms with van der Waals surface area (Å²) in [5.41, 5.74) is -1.41. The topological polar surface area (TPSA) is 557 Å². The van der Waals surface area contributed by atoms with Gasteiger partial charge in [-0.25, -0.2) is 23.6 Å². The standard InChI is InChI=1S/2C15H23FN2O5.C15H24N2O5.C14H21FN2O5.C14H21FN2O4.C13H20N2O6/c2*1-3-10(5-16)7-18-14(21)9(2)6-17(15(18)22)13-4-11(20)12(8-19)23-13;1-4-9(2)6-17-14(20)10(3)7-16(15(17)21)13-5-11(19)12(8-18)22-13;1-8-5-17(9(2)16-14(8)20)13-3-11(12(6-18)22-13)21-7-10(19)4-15;1-9-7-17(10(2)16-14(9)19)13-6-11(12(8-18)21-13)20-5-3-4-15;1-3-4-20-10-9(17)8(6-16)21-12(10)15-5-7(2)11(18)14-13(15)19/h2*6,10-13,19-20H,3-5,7-8H2,1-2H3;7,9,11-13,18-19H,4-6,8H2,1-3H3;5,10-13,18-19H,2-4,6-7H2,1H3,(H,16,20);7,11-13,18H,2-6,8H2,1H3,(H,16,19);5,8-10,12,16-17H,3-4,6H2,1-2H3,(H,14,18,19)/t2*10?,11?,12-,13-;9?,11?,12-,13-;10?,11?,12-,13-;11?,12-,13-;8-,9?,10+,12-/m111111/s1. The molecule has 12 heterocycles. The summed E-state index contributed by atoms with van der Waals surface area (Å²) in [4.78, 5) is 126. The molecule has 0 bridgehead atoms. The summed E-state index contributed by atoms with van der Waals surface area (Å²) in [5, 5.41) is 109. The minimum Gasteiger partial charge on any atom is -0.394 e. The summed E-state index contributed by atoms with van der Waals surface area (Å²) >= 11 is 0. The van der Waals surface area contributed by atoms with E-state index >= 15 is 0 Å². The number of alkyl halides is 4. The van der Waals surface area contributed by atoms with Crippen LogP contribution in [0.15, 0.2) is 111 Å². The Balaban J connectivity index is 0.000000216. The van der Waals surface area contributed by atoms with Crippen molar-refractivity contribution in [1.82, 2.24) is 57.4 Å². The zero-order chi connectivity index (χ0) is 98.0. The number of carbonyl (C=O) groups is 2. The number of aryl methyl sites for hydroxylation is 4. The molecule has 132 heavy (non-hydrogen) atoms. The van der Waals surface area contributed by atoms with Crippen molar-refractivity contribution in [1.29, 1.82) is 0 Å². The minimum atomic E-state index is -1.19. The van der Waals surface area contributed by atoms with E-state index in [9.17, 15) is 106 Å². The first-order valence-electron chi connectivity index (χ1n) is 44.1. The van der Waals surface area contributed by atoms with Gasteiger partial charge in [-0.2, -0.15) is 0 Å². The van der Waals surface area contributed by atoms with Crippen molar-refractivity contribution >= 4 is 11.8 Å². The van der Waals surface area contributed by atoms with E-state index in [4.69, 9.17) is 58.0 Å². The van der Waals surface area contributed by atoms with Crippen LogP contribution >= 0.6 is 0 Å². The Morgan fingerprint density at radius 2 is 0.841 bits per heavy atom. The van der Waals surface area contributed by atoms with Gasteiger partial charge in [-0.1, -0.05) is 54.2 Å². The molecule has 2 amide bonds. The van der Waals surface area contributed by atoms with Gasteiger partial charge in [0.25, 0.3) is 34.1 Å². The summed E-state index contributed by atoms with van der Waals surface area (Å²) < 4.78 is 108. The molecule has 14 N–H and O–H groups in total. The van der Waals surface area contributed by atoms with E-state index in [2.05, 4.69) is 28.8 Å². The van der Waals surface area contributed by atoms with Crippen molar-refractivity contribution in [3.05, 3.63) is 179 Å². The molecule has 0 radical (unpaired) electrons. The lowest BCUT2D eigenvalue weighted by Gasteiger charge is -2.32. The molecule has 46 heteroatoms. The lowest BCUT2D eigenvalue weighted by molar-refractivity contribution is -0.119. The lowest BCUT2D eigenvalue weighted by Crippen LogP contribution is -2.43. The molecule has 0 aliphatic carbocycles. The van der Waals surface area contributed by atoms with Gasteiger partial charge in [0.2, 0.25) is 0 Å². The molecule has 10 unspecified atom stereocenters. The van der Waals surface area contributed by atoms with Crippen molar-refractivity contribution in [2.45, 2.75) is 283 Å². The fraction of sp³-hybridized carbons (Fsp3) is 0.698. The third-order valence-electron chi connectivity index (χ3n) is 23.4. The molecule has 23 atom stereocenters. The first-order valence-corrected chi connectivity index (χ1v) is 44.1. The number of ether oxygens (including phenoxy) is 9. The molecule has 12 rings (SSSR count). The Bertz CT molecular complexity index is 4900. The zero-order valence-corrected chi connectivity index (χ0v) is 76.3. The molecule has 744 valence electrons.